The van der Waals surface area contributed by atoms with E-state index in [9.17, 15) is 0 Å². The Kier molecular flexibility index (Phi) is 58.8. The summed E-state index contributed by atoms with van der Waals surface area (Å²) in [4.78, 5) is 0. The summed E-state index contributed by atoms with van der Waals surface area (Å²) in [6.45, 7) is 34.1. The van der Waals surface area contributed by atoms with E-state index in [4.69, 9.17) is 0 Å². The van der Waals surface area contributed by atoms with E-state index in [0.717, 1.165) is 166 Å². The largest absolute Gasteiger partial charge is 0.103 e. The smallest absolute Gasteiger partial charge is 0.0162 e. The number of rotatable bonds is 36. The van der Waals surface area contributed by atoms with E-state index in [0.29, 0.717) is 0 Å². The highest BCUT2D eigenvalue weighted by atomic mass is 14.4. The van der Waals surface area contributed by atoms with E-state index in [1.165, 1.54) is 357 Å². The first kappa shape index (κ1) is 120. The maximum atomic E-state index is 3.97. The molecule has 3 aromatic rings. The molecule has 0 amide bonds. The molecule has 3 aromatic carbocycles. The van der Waals surface area contributed by atoms with Crippen LogP contribution in [-0.4, -0.2) is 0 Å². The van der Waals surface area contributed by atoms with Crippen LogP contribution in [0.2, 0.25) is 0 Å². The number of hydrogen-bond donors (Lipinski definition) is 0. The van der Waals surface area contributed by atoms with Crippen LogP contribution >= 0.6 is 0 Å². The minimum atomic E-state index is 0.810. The van der Waals surface area contributed by atoms with Crippen LogP contribution in [0.25, 0.3) is 0 Å². The summed E-state index contributed by atoms with van der Waals surface area (Å²) in [6, 6.07) is 28.2. The summed E-state index contributed by atoms with van der Waals surface area (Å²) < 4.78 is 0. The van der Waals surface area contributed by atoms with Crippen molar-refractivity contribution in [3.05, 3.63) is 119 Å². The van der Waals surface area contributed by atoms with Gasteiger partial charge in [0.15, 0.2) is 0 Å². The Bertz CT molecular complexity index is 3460. The molecule has 14 aliphatic rings. The van der Waals surface area contributed by atoms with Crippen molar-refractivity contribution in [2.75, 3.05) is 0 Å². The molecule has 0 N–H and O–H groups in total. The van der Waals surface area contributed by atoms with Gasteiger partial charge in [0, 0.05) is 0 Å². The third kappa shape index (κ3) is 42.4. The minimum absolute atomic E-state index is 0.810. The number of benzene rings is 3. The molecule has 14 fully saturated rings. The van der Waals surface area contributed by atoms with Crippen LogP contribution in [0.3, 0.4) is 0 Å². The van der Waals surface area contributed by atoms with Crippen LogP contribution in [0.4, 0.5) is 0 Å². The quantitative estimate of drug-likeness (QED) is 0.0402. The Labute approximate surface area is 888 Å². The van der Waals surface area contributed by atoms with Crippen molar-refractivity contribution >= 4 is 0 Å². The third-order valence-corrected chi connectivity index (χ3v) is 44.2. The van der Waals surface area contributed by atoms with Crippen molar-refractivity contribution in [3.8, 4) is 0 Å². The summed E-state index contributed by atoms with van der Waals surface area (Å²) >= 11 is 0. The fourth-order valence-electron chi connectivity index (χ4n) is 34.2. The van der Waals surface area contributed by atoms with Gasteiger partial charge in [0.05, 0.1) is 0 Å². The average Bonchev–Trinajstić information content (AvgIpc) is 0.854. The molecule has 0 nitrogen and oxygen atoms in total. The zero-order chi connectivity index (χ0) is 100. The lowest BCUT2D eigenvalue weighted by Crippen LogP contribution is -2.25. The van der Waals surface area contributed by atoms with Gasteiger partial charge < -0.3 is 0 Å². The normalized spacial score (nSPS) is 34.7. The standard InChI is InChI=1S/C24H38.C22H34.C21H30.C20H38.2C19H36.C17H32/c1-3-5-19-7-11-21(12-8-19)23-15-17-24(18-16-23)22-13-9-20(6-4-2)10-14-22;1-3-4-18-7-11-20(12-8-18)22-15-13-21(14-16-22)19-9-5-17(2)6-10-19;1-3-17-6-10-19(11-7-17)21-14-12-20(13-15-21)18-8-4-16(2)5-9-18;1-3-5-6-8-18-11-15-20(16-12-18)19-13-9-17(7-4-2)10-14-19;1-3-5-6-7-17-10-14-19(15-11-17)18-12-8-16(4-2)9-13-18;1-3-5-7-17-10-14-19(15-11-17)18-12-8-16(6-4-2)9-13-18;1-3-5-15-8-12-17(13-9-15)16-10-6-14(4-2)7-11-16/h7-8,11-12,20,22-24H,3-6,9-10,13-18H2,1-2H3;5-6,9-10,18,20-22H,3-4,7-8,11-16H2,1-2H3;3-5,8-9,17,19-21H,1,6-7,10-15H2,2H3;17-20H,3-16H2,1-2H3;2*16-19H,3-15H2,1-2H3;14-17H,3-13H2,1-2H3. The molecule has 142 heavy (non-hydrogen) atoms. The van der Waals surface area contributed by atoms with E-state index in [2.05, 4.69) is 175 Å². The molecule has 14 aliphatic carbocycles. The number of unbranched alkanes of at least 4 members (excludes halogenated alkanes) is 5. The van der Waals surface area contributed by atoms with Crippen molar-refractivity contribution in [2.24, 2.45) is 148 Å². The van der Waals surface area contributed by atoms with Crippen molar-refractivity contribution < 1.29 is 0 Å². The highest BCUT2D eigenvalue weighted by molar-refractivity contribution is 5.28. The Balaban J connectivity index is 0.000000159. The summed E-state index contributed by atoms with van der Waals surface area (Å²) in [5, 5.41) is 0. The summed E-state index contributed by atoms with van der Waals surface area (Å²) in [5.74, 6) is 29.2. The lowest BCUT2D eigenvalue weighted by molar-refractivity contribution is 0.140. The summed E-state index contributed by atoms with van der Waals surface area (Å²) in [5.41, 5.74) is 9.07. The fraction of sp³-hybridized carbons (Fsp3) is 0.859. The molecular weight excluding hydrogens is 1710 g/mol. The molecule has 0 saturated heterocycles. The van der Waals surface area contributed by atoms with Gasteiger partial charge in [-0.15, -0.1) is 6.58 Å². The van der Waals surface area contributed by atoms with Crippen LogP contribution in [-0.2, 0) is 6.42 Å². The zero-order valence-electron chi connectivity index (χ0n) is 97.7. The predicted octanol–water partition coefficient (Wildman–Crippen LogP) is 46.6. The summed E-state index contributed by atoms with van der Waals surface area (Å²) in [7, 11) is 0. The topological polar surface area (TPSA) is 0 Å². The van der Waals surface area contributed by atoms with Crippen LogP contribution in [0.15, 0.2) is 85.5 Å². The van der Waals surface area contributed by atoms with Crippen molar-refractivity contribution in [1.29, 1.82) is 0 Å². The Morgan fingerprint density at radius 2 is 0.366 bits per heavy atom. The Hall–Kier alpha value is -2.60. The van der Waals surface area contributed by atoms with Gasteiger partial charge in [-0.1, -0.05) is 449 Å². The lowest BCUT2D eigenvalue weighted by atomic mass is 9.68. The molecule has 0 aromatic heterocycles. The molecule has 0 radical (unpaired) electrons. The second-order valence-electron chi connectivity index (χ2n) is 53.8. The second kappa shape index (κ2) is 69.9. The van der Waals surface area contributed by atoms with Crippen molar-refractivity contribution in [2.45, 2.75) is 628 Å². The molecule has 0 spiro atoms. The van der Waals surface area contributed by atoms with Crippen LogP contribution < -0.4 is 0 Å². The van der Waals surface area contributed by atoms with Crippen LogP contribution in [0.1, 0.15) is 641 Å². The molecule has 0 atom stereocenters. The predicted molar refractivity (Wildman–Crippen MR) is 630 cm³/mol. The van der Waals surface area contributed by atoms with Crippen molar-refractivity contribution in [3.63, 3.8) is 0 Å². The van der Waals surface area contributed by atoms with Gasteiger partial charge >= 0.3 is 0 Å². The molecule has 0 bridgehead atoms. The number of allylic oxidation sites excluding steroid dienone is 1. The first-order chi connectivity index (χ1) is 69.6. The minimum Gasteiger partial charge on any atom is -0.103 e. The van der Waals surface area contributed by atoms with Crippen molar-refractivity contribution in [1.82, 2.24) is 0 Å². The fourth-order valence-corrected chi connectivity index (χ4v) is 34.2. The average molecular weight is 1950 g/mol. The van der Waals surface area contributed by atoms with E-state index in [1.54, 1.807) is 196 Å². The van der Waals surface area contributed by atoms with Gasteiger partial charge in [-0.3, -0.25) is 0 Å². The van der Waals surface area contributed by atoms with Crippen LogP contribution in [0, 0.1) is 162 Å². The van der Waals surface area contributed by atoms with E-state index < -0.39 is 0 Å². The number of hydrogen-bond acceptors (Lipinski definition) is 0. The maximum Gasteiger partial charge on any atom is -0.0162 e. The van der Waals surface area contributed by atoms with Gasteiger partial charge in [0.2, 0.25) is 0 Å². The van der Waals surface area contributed by atoms with Gasteiger partial charge in [0.1, 0.15) is 0 Å². The van der Waals surface area contributed by atoms with Gasteiger partial charge in [-0.05, 0) is 439 Å². The zero-order valence-corrected chi connectivity index (χ0v) is 97.7. The van der Waals surface area contributed by atoms with Gasteiger partial charge in [0.25, 0.3) is 0 Å². The monoisotopic (exact) mass is 1950 g/mol. The van der Waals surface area contributed by atoms with Crippen LogP contribution in [0.5, 0.6) is 0 Å². The Morgan fingerprint density at radius 1 is 0.183 bits per heavy atom. The highest BCUT2D eigenvalue weighted by Crippen LogP contribution is 2.53. The molecule has 812 valence electrons. The molecule has 0 heteroatoms. The molecular formula is C142H244. The molecule has 14 saturated carbocycles. The summed E-state index contributed by atoms with van der Waals surface area (Å²) in [6.07, 6.45) is 123. The highest BCUT2D eigenvalue weighted by Gasteiger charge is 2.39. The molecule has 17 rings (SSSR count). The second-order valence-corrected chi connectivity index (χ2v) is 53.8. The van der Waals surface area contributed by atoms with E-state index in [1.807, 2.05) is 0 Å². The molecule has 0 aliphatic heterocycles. The first-order valence-electron chi connectivity index (χ1n) is 66.5. The van der Waals surface area contributed by atoms with E-state index >= 15 is 0 Å². The van der Waals surface area contributed by atoms with E-state index in [-0.39, 0.29) is 0 Å². The first-order valence-corrected chi connectivity index (χ1v) is 66.5. The SMILES string of the molecule is C=CC1CCC(C2CCC(c3ccc(C)cc3)CC2)CC1.CCCC1CCC(C2CCC(CC)CC2)CC1.CCCC1CCC(C2CCC(c3ccc(C)cc3)CC2)CC1.CCCCC1CCC(C2CCC(CCC)CC2)CC1.CCCCCC1CCC(C2CCC(CC)CC2)CC1.CCCCCC1CCC(C2CCC(CCC)CC2)CC1.CCCc1ccc(C2CCC(C3CCC(CCC)CC3)CC2)cc1. The van der Waals surface area contributed by atoms with Gasteiger partial charge in [-0.2, -0.15) is 0 Å². The molecule has 0 unspecified atom stereocenters. The van der Waals surface area contributed by atoms with Gasteiger partial charge in [-0.25, -0.2) is 0 Å². The lowest BCUT2D eigenvalue weighted by Gasteiger charge is -2.38. The number of aryl methyl sites for hydroxylation is 3. The molecule has 0 heterocycles. The Morgan fingerprint density at radius 3 is 0.556 bits per heavy atom. The third-order valence-electron chi connectivity index (χ3n) is 44.2. The maximum absolute atomic E-state index is 3.97.